The van der Waals surface area contributed by atoms with Gasteiger partial charge in [-0.15, -0.1) is 0 Å². The van der Waals surface area contributed by atoms with Crippen LogP contribution in [0.5, 0.6) is 0 Å². The Labute approximate surface area is 68.6 Å². The molecular formula is C8H9F2NO. The Morgan fingerprint density at radius 2 is 1.67 bits per heavy atom. The van der Waals surface area contributed by atoms with Crippen LogP contribution in [0.1, 0.15) is 11.7 Å². The number of hydrogen-bond donors (Lipinski definition) is 2. The Bertz CT molecular complexity index is 248. The summed E-state index contributed by atoms with van der Waals surface area (Å²) in [6.45, 7) is 0. The lowest BCUT2D eigenvalue weighted by atomic mass is 10.1. The van der Waals surface area contributed by atoms with Gasteiger partial charge in [0.1, 0.15) is 6.10 Å². The second-order valence-corrected chi connectivity index (χ2v) is 2.45. The third kappa shape index (κ3) is 1.92. The molecule has 0 bridgehead atoms. The molecule has 0 saturated heterocycles. The first kappa shape index (κ1) is 8.93. The van der Waals surface area contributed by atoms with Crippen molar-refractivity contribution in [3.63, 3.8) is 0 Å². The molecule has 0 amide bonds. The monoisotopic (exact) mass is 173 g/mol. The van der Waals surface area contributed by atoms with Gasteiger partial charge in [0, 0.05) is 5.69 Å². The first-order valence-electron chi connectivity index (χ1n) is 3.43. The number of aliphatic hydroxyl groups excluding tert-OH is 1. The van der Waals surface area contributed by atoms with Crippen LogP contribution in [0.3, 0.4) is 0 Å². The van der Waals surface area contributed by atoms with Crippen molar-refractivity contribution in [3.8, 4) is 0 Å². The summed E-state index contributed by atoms with van der Waals surface area (Å²) in [5.74, 6) is 0. The fourth-order valence-corrected chi connectivity index (χ4v) is 0.839. The van der Waals surface area contributed by atoms with Gasteiger partial charge in [-0.2, -0.15) is 0 Å². The Hall–Kier alpha value is -1.16. The quantitative estimate of drug-likeness (QED) is 0.667. The molecule has 1 aromatic carbocycles. The van der Waals surface area contributed by atoms with E-state index in [0.29, 0.717) is 5.69 Å². The van der Waals surface area contributed by atoms with E-state index in [1.54, 1.807) is 0 Å². The highest BCUT2D eigenvalue weighted by atomic mass is 19.3. The highest BCUT2D eigenvalue weighted by Crippen LogP contribution is 2.20. The molecule has 4 heteroatoms. The van der Waals surface area contributed by atoms with Crippen LogP contribution in [0.2, 0.25) is 0 Å². The number of halogens is 2. The Morgan fingerprint density at radius 1 is 1.17 bits per heavy atom. The number of benzene rings is 1. The number of anilines is 1. The van der Waals surface area contributed by atoms with Gasteiger partial charge >= 0.3 is 0 Å². The average molecular weight is 173 g/mol. The molecule has 3 N–H and O–H groups in total. The molecule has 0 radical (unpaired) electrons. The van der Waals surface area contributed by atoms with Gasteiger partial charge in [0.2, 0.25) is 0 Å². The number of rotatable bonds is 2. The zero-order chi connectivity index (χ0) is 9.14. The summed E-state index contributed by atoms with van der Waals surface area (Å²) < 4.78 is 23.9. The van der Waals surface area contributed by atoms with Gasteiger partial charge in [-0.1, -0.05) is 12.1 Å². The summed E-state index contributed by atoms with van der Waals surface area (Å²) in [5, 5.41) is 8.90. The third-order valence-electron chi connectivity index (χ3n) is 1.52. The summed E-state index contributed by atoms with van der Waals surface area (Å²) in [6, 6.07) is 5.71. The van der Waals surface area contributed by atoms with Crippen LogP contribution in [-0.2, 0) is 0 Å². The lowest BCUT2D eigenvalue weighted by Crippen LogP contribution is -2.07. The molecule has 0 aliphatic heterocycles. The number of nitrogens with two attached hydrogens (primary N) is 1. The Morgan fingerprint density at radius 3 is 2.08 bits per heavy atom. The minimum Gasteiger partial charge on any atom is -0.399 e. The minimum absolute atomic E-state index is 0.180. The van der Waals surface area contributed by atoms with Crippen LogP contribution < -0.4 is 5.73 Å². The number of aliphatic hydroxyl groups is 1. The summed E-state index contributed by atoms with van der Waals surface area (Å²) in [7, 11) is 0. The van der Waals surface area contributed by atoms with Crippen LogP contribution in [-0.4, -0.2) is 11.5 Å². The van der Waals surface area contributed by atoms with Gasteiger partial charge in [-0.25, -0.2) is 8.78 Å². The lowest BCUT2D eigenvalue weighted by molar-refractivity contribution is -0.00577. The third-order valence-corrected chi connectivity index (χ3v) is 1.52. The van der Waals surface area contributed by atoms with Crippen molar-refractivity contribution in [2.45, 2.75) is 12.5 Å². The number of alkyl halides is 2. The molecule has 0 heterocycles. The zero-order valence-corrected chi connectivity index (χ0v) is 6.24. The van der Waals surface area contributed by atoms with Crippen LogP contribution in [0, 0.1) is 0 Å². The second kappa shape index (κ2) is 3.49. The molecule has 0 spiro atoms. The first-order chi connectivity index (χ1) is 5.61. The van der Waals surface area contributed by atoms with E-state index in [9.17, 15) is 8.78 Å². The van der Waals surface area contributed by atoms with E-state index < -0.39 is 12.5 Å². The fourth-order valence-electron chi connectivity index (χ4n) is 0.839. The highest BCUT2D eigenvalue weighted by Gasteiger charge is 2.18. The van der Waals surface area contributed by atoms with Crippen LogP contribution in [0.25, 0.3) is 0 Å². The molecule has 0 aromatic heterocycles. The minimum atomic E-state index is -2.76. The average Bonchev–Trinajstić information content (AvgIpc) is 2.04. The SMILES string of the molecule is Nc1ccc(C(O)C(F)F)cc1. The molecule has 0 aliphatic rings. The summed E-state index contributed by atoms with van der Waals surface area (Å²) in [6.07, 6.45) is -4.47. The Balaban J connectivity index is 2.82. The van der Waals surface area contributed by atoms with Crippen molar-refractivity contribution in [3.05, 3.63) is 29.8 Å². The normalized spacial score (nSPS) is 13.3. The molecule has 0 aliphatic carbocycles. The van der Waals surface area contributed by atoms with Gasteiger partial charge in [-0.05, 0) is 17.7 Å². The molecule has 1 unspecified atom stereocenters. The molecule has 2 nitrogen and oxygen atoms in total. The highest BCUT2D eigenvalue weighted by molar-refractivity contribution is 5.39. The van der Waals surface area contributed by atoms with Gasteiger partial charge in [0.25, 0.3) is 6.43 Å². The standard InChI is InChI=1S/C8H9F2NO/c9-8(10)7(12)5-1-3-6(11)4-2-5/h1-4,7-8,12H,11H2. The molecular weight excluding hydrogens is 164 g/mol. The molecule has 1 atom stereocenters. The Kier molecular flexibility index (Phi) is 2.60. The summed E-state index contributed by atoms with van der Waals surface area (Å²) >= 11 is 0. The van der Waals surface area contributed by atoms with Crippen LogP contribution in [0.15, 0.2) is 24.3 Å². The van der Waals surface area contributed by atoms with E-state index in [-0.39, 0.29) is 5.56 Å². The zero-order valence-electron chi connectivity index (χ0n) is 6.24. The summed E-state index contributed by atoms with van der Waals surface area (Å²) in [4.78, 5) is 0. The van der Waals surface area contributed by atoms with Gasteiger partial charge in [0.05, 0.1) is 0 Å². The van der Waals surface area contributed by atoms with Crippen molar-refractivity contribution >= 4 is 5.69 Å². The van der Waals surface area contributed by atoms with E-state index in [1.807, 2.05) is 0 Å². The van der Waals surface area contributed by atoms with E-state index in [0.717, 1.165) is 0 Å². The van der Waals surface area contributed by atoms with E-state index in [1.165, 1.54) is 24.3 Å². The topological polar surface area (TPSA) is 46.2 Å². The number of nitrogen functional groups attached to an aromatic ring is 1. The molecule has 0 fully saturated rings. The lowest BCUT2D eigenvalue weighted by Gasteiger charge is -2.08. The van der Waals surface area contributed by atoms with E-state index in [4.69, 9.17) is 10.8 Å². The molecule has 1 rings (SSSR count). The molecule has 12 heavy (non-hydrogen) atoms. The first-order valence-corrected chi connectivity index (χ1v) is 3.43. The largest absolute Gasteiger partial charge is 0.399 e. The van der Waals surface area contributed by atoms with Crippen LogP contribution >= 0.6 is 0 Å². The van der Waals surface area contributed by atoms with E-state index in [2.05, 4.69) is 0 Å². The summed E-state index contributed by atoms with van der Waals surface area (Å²) in [5.41, 5.74) is 6.00. The maximum atomic E-state index is 11.9. The predicted octanol–water partition coefficient (Wildman–Crippen LogP) is 1.57. The maximum Gasteiger partial charge on any atom is 0.268 e. The molecule has 0 saturated carbocycles. The van der Waals surface area contributed by atoms with Gasteiger partial charge in [-0.3, -0.25) is 0 Å². The van der Waals surface area contributed by atoms with Crippen molar-refractivity contribution in [2.24, 2.45) is 0 Å². The smallest absolute Gasteiger partial charge is 0.268 e. The number of hydrogen-bond acceptors (Lipinski definition) is 2. The van der Waals surface area contributed by atoms with Crippen LogP contribution in [0.4, 0.5) is 14.5 Å². The van der Waals surface area contributed by atoms with Gasteiger partial charge < -0.3 is 10.8 Å². The second-order valence-electron chi connectivity index (χ2n) is 2.45. The molecule has 1 aromatic rings. The van der Waals surface area contributed by atoms with Gasteiger partial charge in [0.15, 0.2) is 0 Å². The maximum absolute atomic E-state index is 11.9. The van der Waals surface area contributed by atoms with Crippen molar-refractivity contribution in [1.82, 2.24) is 0 Å². The van der Waals surface area contributed by atoms with Crippen molar-refractivity contribution in [2.75, 3.05) is 5.73 Å². The van der Waals surface area contributed by atoms with Crippen molar-refractivity contribution < 1.29 is 13.9 Å². The molecule has 66 valence electrons. The van der Waals surface area contributed by atoms with Crippen molar-refractivity contribution in [1.29, 1.82) is 0 Å². The fraction of sp³-hybridized carbons (Fsp3) is 0.250. The predicted molar refractivity (Wildman–Crippen MR) is 41.8 cm³/mol. The van der Waals surface area contributed by atoms with E-state index >= 15 is 0 Å².